The van der Waals surface area contributed by atoms with Crippen LogP contribution in [-0.2, 0) is 4.57 Å². The number of hydrogen-bond donors (Lipinski definition) is 1. The third-order valence-electron chi connectivity index (χ3n) is 0. The molecule has 0 atom stereocenters. The molecule has 0 aromatic carbocycles. The largest absolute Gasteiger partial charge is 0.324 e. The summed E-state index contributed by atoms with van der Waals surface area (Å²) in [6.45, 7) is 6.50. The summed E-state index contributed by atoms with van der Waals surface area (Å²) in [7, 11) is -0.833. The van der Waals surface area contributed by atoms with E-state index in [0.29, 0.717) is 0 Å². The van der Waals surface area contributed by atoms with Crippen LogP contribution in [0.3, 0.4) is 0 Å². The average Bonchev–Trinajstić information content (AvgIpc) is 1.39. The molecule has 40 valence electrons. The molecule has 0 aliphatic carbocycles. The van der Waals surface area contributed by atoms with Crippen molar-refractivity contribution in [1.82, 2.24) is 0 Å². The van der Waals surface area contributed by atoms with Crippen molar-refractivity contribution in [3.8, 4) is 0 Å². The standard InChI is InChI=1S/C3H5.Ce.HO2P/c1-3-2;;1-3-2/h3H,1-2H2;;(H,1,2)/q-1;;. The fourth-order valence-electron chi connectivity index (χ4n) is 0. The fourth-order valence-corrected chi connectivity index (χ4v) is 0. The monoisotopic (exact) mass is 245 g/mol. The first-order valence-corrected chi connectivity index (χ1v) is 1.96. The van der Waals surface area contributed by atoms with Crippen LogP contribution in [0.4, 0.5) is 0 Å². The van der Waals surface area contributed by atoms with Crippen LogP contribution in [0, 0.1) is 48.7 Å². The van der Waals surface area contributed by atoms with E-state index in [1.165, 1.54) is 6.08 Å². The number of allylic oxidation sites excluding steroid dienone is 1. The van der Waals surface area contributed by atoms with E-state index in [1.54, 1.807) is 0 Å². The molecule has 0 aromatic heterocycles. The van der Waals surface area contributed by atoms with E-state index in [4.69, 9.17) is 9.46 Å². The van der Waals surface area contributed by atoms with Crippen LogP contribution in [-0.4, -0.2) is 4.89 Å². The maximum atomic E-state index is 8.46. The molecule has 0 aromatic rings. The Labute approximate surface area is 78.7 Å². The maximum absolute atomic E-state index is 8.46. The smallest absolute Gasteiger partial charge is 0.310 e. The molecule has 0 amide bonds. The SMILES string of the molecule is C=C[CH2-].O=PO.[Ce]. The fraction of sp³-hybridized carbons (Fsp3) is 0. The second-order valence-corrected chi connectivity index (χ2v) is 0.534. The first-order valence-electron chi connectivity index (χ1n) is 1.20. The summed E-state index contributed by atoms with van der Waals surface area (Å²) in [5.74, 6) is 0. The van der Waals surface area contributed by atoms with Crippen LogP contribution in [0.2, 0.25) is 0 Å². The maximum Gasteiger partial charge on any atom is 0.324 e. The van der Waals surface area contributed by atoms with Gasteiger partial charge in [0.05, 0.1) is 0 Å². The summed E-state index contributed by atoms with van der Waals surface area (Å²) in [6, 6.07) is 0. The molecule has 0 rings (SSSR count). The Bertz CT molecular complexity index is 33.9. The third-order valence-corrected chi connectivity index (χ3v) is 0. The van der Waals surface area contributed by atoms with Crippen molar-refractivity contribution in [3.05, 3.63) is 19.6 Å². The van der Waals surface area contributed by atoms with Crippen LogP contribution in [0.5, 0.6) is 0 Å². The second-order valence-electron chi connectivity index (χ2n) is 0.370. The molecular formula is C3H6CeO2P-. The summed E-state index contributed by atoms with van der Waals surface area (Å²) in [5, 5.41) is 0. The minimum Gasteiger partial charge on any atom is -0.310 e. The Morgan fingerprint density at radius 1 is 1.86 bits per heavy atom. The molecule has 4 heteroatoms. The van der Waals surface area contributed by atoms with Gasteiger partial charge in [0.1, 0.15) is 0 Å². The Balaban J connectivity index is -0.0000000400. The van der Waals surface area contributed by atoms with Gasteiger partial charge in [-0.15, -0.1) is 0 Å². The van der Waals surface area contributed by atoms with E-state index in [1.807, 2.05) is 0 Å². The quantitative estimate of drug-likeness (QED) is 0.514. The Hall–Kier alpha value is 1.05. The molecule has 0 spiro atoms. The van der Waals surface area contributed by atoms with E-state index >= 15 is 0 Å². The van der Waals surface area contributed by atoms with Gasteiger partial charge in [-0.25, -0.2) is 24.1 Å². The number of hydrogen-bond acceptors (Lipinski definition) is 1. The van der Waals surface area contributed by atoms with Crippen LogP contribution in [0.15, 0.2) is 12.7 Å². The van der Waals surface area contributed by atoms with Crippen molar-refractivity contribution in [1.29, 1.82) is 0 Å². The molecule has 0 aliphatic rings. The first-order chi connectivity index (χ1) is 2.83. The second kappa shape index (κ2) is 27.8. The molecule has 1 N–H and O–H groups in total. The van der Waals surface area contributed by atoms with E-state index in [9.17, 15) is 0 Å². The third kappa shape index (κ3) is 164. The summed E-state index contributed by atoms with van der Waals surface area (Å²) in [6.07, 6.45) is 1.50. The van der Waals surface area contributed by atoms with Gasteiger partial charge in [-0.3, -0.25) is 0 Å². The summed E-state index contributed by atoms with van der Waals surface area (Å²) < 4.78 is 8.46. The molecule has 7 heavy (non-hydrogen) atoms. The Morgan fingerprint density at radius 2 is 1.86 bits per heavy atom. The molecule has 0 saturated heterocycles. The van der Waals surface area contributed by atoms with Crippen molar-refractivity contribution in [2.75, 3.05) is 0 Å². The van der Waals surface area contributed by atoms with Gasteiger partial charge < -0.3 is 4.89 Å². The molecule has 0 saturated carbocycles. The molecule has 0 fully saturated rings. The molecule has 0 aliphatic heterocycles. The van der Waals surface area contributed by atoms with Gasteiger partial charge in [0.2, 0.25) is 0 Å². The molecule has 0 radical (unpaired) electrons. The van der Waals surface area contributed by atoms with Crippen molar-refractivity contribution >= 4 is 8.69 Å². The summed E-state index contributed by atoms with van der Waals surface area (Å²) in [5.41, 5.74) is 0. The van der Waals surface area contributed by atoms with Crippen molar-refractivity contribution in [3.63, 3.8) is 0 Å². The van der Waals surface area contributed by atoms with Crippen molar-refractivity contribution < 1.29 is 51.2 Å². The zero-order valence-corrected chi connectivity index (χ0v) is 7.83. The molecular weight excluding hydrogens is 239 g/mol. The predicted molar refractivity (Wildman–Crippen MR) is 25.4 cm³/mol. The van der Waals surface area contributed by atoms with Gasteiger partial charge in [-0.05, 0) is 0 Å². The van der Waals surface area contributed by atoms with E-state index in [0.717, 1.165) is 0 Å². The number of rotatable bonds is 0. The predicted octanol–water partition coefficient (Wildman–Crippen LogP) is 1.19. The normalized spacial score (nSPS) is 4.71. The van der Waals surface area contributed by atoms with E-state index in [2.05, 4.69) is 13.5 Å². The van der Waals surface area contributed by atoms with Crippen LogP contribution < -0.4 is 0 Å². The van der Waals surface area contributed by atoms with Gasteiger partial charge in [0.25, 0.3) is 0 Å². The summed E-state index contributed by atoms with van der Waals surface area (Å²) in [4.78, 5) is 6.99. The van der Waals surface area contributed by atoms with Gasteiger partial charge in [-0.2, -0.15) is 0 Å². The minimum atomic E-state index is -0.833. The summed E-state index contributed by atoms with van der Waals surface area (Å²) >= 11 is 0. The van der Waals surface area contributed by atoms with Crippen LogP contribution in [0.1, 0.15) is 0 Å². The minimum absolute atomic E-state index is 0. The zero-order valence-electron chi connectivity index (χ0n) is 3.79. The van der Waals surface area contributed by atoms with Crippen molar-refractivity contribution in [2.24, 2.45) is 0 Å². The van der Waals surface area contributed by atoms with Gasteiger partial charge in [0.15, 0.2) is 0 Å². The molecule has 0 bridgehead atoms. The van der Waals surface area contributed by atoms with E-state index in [-0.39, 0.29) is 41.7 Å². The average molecular weight is 245 g/mol. The topological polar surface area (TPSA) is 37.3 Å². The molecule has 0 unspecified atom stereocenters. The van der Waals surface area contributed by atoms with E-state index < -0.39 is 8.69 Å². The van der Waals surface area contributed by atoms with Crippen molar-refractivity contribution in [2.45, 2.75) is 0 Å². The van der Waals surface area contributed by atoms with Gasteiger partial charge >= 0.3 is 8.69 Å². The Morgan fingerprint density at radius 3 is 1.86 bits per heavy atom. The zero-order chi connectivity index (χ0) is 5.41. The van der Waals surface area contributed by atoms with Gasteiger partial charge in [-0.1, -0.05) is 0 Å². The van der Waals surface area contributed by atoms with Crippen LogP contribution >= 0.6 is 8.69 Å². The first kappa shape index (κ1) is 15.7. The Kier molecular flexibility index (Phi) is 62.2. The van der Waals surface area contributed by atoms with Gasteiger partial charge in [0, 0.05) is 41.7 Å². The molecule has 0 heterocycles. The van der Waals surface area contributed by atoms with Crippen LogP contribution in [0.25, 0.3) is 0 Å². The molecule has 2 nitrogen and oxygen atoms in total.